The summed E-state index contributed by atoms with van der Waals surface area (Å²) >= 11 is 0. The van der Waals surface area contributed by atoms with Gasteiger partial charge in [0, 0.05) is 34.1 Å². The molecule has 56 heavy (non-hydrogen) atoms. The van der Waals surface area contributed by atoms with E-state index in [2.05, 4.69) is 127 Å². The van der Waals surface area contributed by atoms with Crippen LogP contribution in [0.15, 0.2) is 97.1 Å². The molecule has 2 nitrogen and oxygen atoms in total. The third kappa shape index (κ3) is 3.92. The van der Waals surface area contributed by atoms with Crippen LogP contribution in [0.3, 0.4) is 0 Å². The van der Waals surface area contributed by atoms with Gasteiger partial charge in [0.25, 0.3) is 6.71 Å². The predicted octanol–water partition coefficient (Wildman–Crippen LogP) is 9.76. The van der Waals surface area contributed by atoms with Gasteiger partial charge in [0.1, 0.15) is 8.07 Å². The van der Waals surface area contributed by atoms with E-state index < -0.39 is 8.07 Å². The van der Waals surface area contributed by atoms with Crippen molar-refractivity contribution in [2.24, 2.45) is 35.5 Å². The van der Waals surface area contributed by atoms with Gasteiger partial charge >= 0.3 is 0 Å². The summed E-state index contributed by atoms with van der Waals surface area (Å²) in [7, 11) is -2.03. The van der Waals surface area contributed by atoms with Crippen molar-refractivity contribution in [2.75, 3.05) is 9.80 Å². The molecule has 0 saturated heterocycles. The molecule has 0 N–H and O–H groups in total. The van der Waals surface area contributed by atoms with Gasteiger partial charge in [-0.1, -0.05) is 72.0 Å². The molecule has 2 atom stereocenters. The SMILES string of the molecule is Cc1cc2c3c(c1)N(c1ccc(C45CC6CC(CC4C6)C5)cc1)c1cccc4c1B3c1c(cccc1[Si]4(C)C)N2c1ccc(C23CC4CC(CC(C4)C2)C3)cc1. The predicted molar refractivity (Wildman–Crippen MR) is 237 cm³/mol. The minimum Gasteiger partial charge on any atom is -0.311 e. The Morgan fingerprint density at radius 3 is 1.48 bits per heavy atom. The summed E-state index contributed by atoms with van der Waals surface area (Å²) in [6.07, 6.45) is 16.1. The minimum atomic E-state index is -2.03. The molecule has 11 aliphatic rings. The van der Waals surface area contributed by atoms with Crippen LogP contribution in [-0.4, -0.2) is 14.8 Å². The summed E-state index contributed by atoms with van der Waals surface area (Å²) in [6, 6.07) is 39.9. The van der Waals surface area contributed by atoms with E-state index in [4.69, 9.17) is 0 Å². The van der Waals surface area contributed by atoms with Crippen LogP contribution in [0.5, 0.6) is 0 Å². The van der Waals surface area contributed by atoms with Crippen LogP contribution in [0.4, 0.5) is 34.1 Å². The molecule has 8 bridgehead atoms. The van der Waals surface area contributed by atoms with Gasteiger partial charge < -0.3 is 9.80 Å². The Morgan fingerprint density at radius 1 is 0.518 bits per heavy atom. The van der Waals surface area contributed by atoms with Crippen LogP contribution in [0, 0.1) is 42.4 Å². The van der Waals surface area contributed by atoms with Gasteiger partial charge in [0.05, 0.1) is 0 Å². The molecule has 0 radical (unpaired) electrons. The standard InChI is InChI=1S/C52H53BN2Si/c1-31-18-44-48-45(19-31)55(41-16-12-38(13-17-41)52-29-35-23-36(30-52)25-39(52)24-35)43-7-5-9-47-50(43)53(48)49-42(6-4-8-46(49)56(47,2)3)54(44)40-14-10-37(11-15-40)51-26-32-20-33(27-51)22-34(21-32)28-51/h4-19,32-36,39H,20-30H2,1-3H3. The molecule has 5 aromatic rings. The number of hydrogen-bond acceptors (Lipinski definition) is 2. The van der Waals surface area contributed by atoms with Crippen molar-refractivity contribution >= 4 is 75.7 Å². The number of aryl methyl sites for hydroxylation is 1. The number of benzene rings is 5. The molecular weight excluding hydrogens is 691 g/mol. The minimum absolute atomic E-state index is 0.250. The van der Waals surface area contributed by atoms with Crippen molar-refractivity contribution in [1.82, 2.24) is 0 Å². The van der Waals surface area contributed by atoms with Crippen molar-refractivity contribution in [3.05, 3.63) is 114 Å². The van der Waals surface area contributed by atoms with Crippen LogP contribution in [0.2, 0.25) is 13.1 Å². The zero-order valence-corrected chi connectivity index (χ0v) is 34.5. The molecule has 0 aromatic heterocycles. The molecule has 0 spiro atoms. The van der Waals surface area contributed by atoms with Crippen LogP contribution in [0.25, 0.3) is 0 Å². The van der Waals surface area contributed by atoms with Gasteiger partial charge in [0.15, 0.2) is 0 Å². The molecule has 5 aromatic carbocycles. The normalized spacial score (nSPS) is 33.7. The highest BCUT2D eigenvalue weighted by Gasteiger charge is 2.58. The third-order valence-corrected chi connectivity index (χ3v) is 21.7. The zero-order chi connectivity index (χ0) is 36.9. The second kappa shape index (κ2) is 10.5. The van der Waals surface area contributed by atoms with Crippen molar-refractivity contribution in [3.63, 3.8) is 0 Å². The van der Waals surface area contributed by atoms with E-state index in [1.807, 2.05) is 0 Å². The van der Waals surface area contributed by atoms with Crippen LogP contribution < -0.4 is 36.6 Å². The first-order chi connectivity index (χ1) is 27.3. The van der Waals surface area contributed by atoms with E-state index >= 15 is 0 Å². The van der Waals surface area contributed by atoms with Gasteiger partial charge in [-0.3, -0.25) is 0 Å². The van der Waals surface area contributed by atoms with E-state index in [9.17, 15) is 0 Å². The van der Waals surface area contributed by atoms with E-state index in [1.54, 1.807) is 32.4 Å². The Kier molecular flexibility index (Phi) is 6.02. The second-order valence-corrected chi connectivity index (χ2v) is 25.7. The Hall–Kier alpha value is -4.02. The molecule has 3 heterocycles. The summed E-state index contributed by atoms with van der Waals surface area (Å²) in [5.74, 6) is 5.73. The summed E-state index contributed by atoms with van der Waals surface area (Å²) in [4.78, 5) is 5.36. The van der Waals surface area contributed by atoms with Gasteiger partial charge in [-0.2, -0.15) is 0 Å². The van der Waals surface area contributed by atoms with Crippen LogP contribution >= 0.6 is 0 Å². The first-order valence-corrected chi connectivity index (χ1v) is 25.5. The number of rotatable bonds is 4. The Morgan fingerprint density at radius 2 is 0.982 bits per heavy atom. The van der Waals surface area contributed by atoms with Crippen LogP contribution in [0.1, 0.15) is 87.3 Å². The van der Waals surface area contributed by atoms with Gasteiger partial charge in [-0.05, 0) is 205 Å². The highest BCUT2D eigenvalue weighted by molar-refractivity contribution is 7.16. The maximum Gasteiger partial charge on any atom is 0.251 e. The highest BCUT2D eigenvalue weighted by atomic mass is 28.3. The van der Waals surface area contributed by atoms with E-state index in [0.29, 0.717) is 10.8 Å². The summed E-state index contributed by atoms with van der Waals surface area (Å²) in [6.45, 7) is 7.80. The molecule has 8 fully saturated rings. The van der Waals surface area contributed by atoms with E-state index in [1.165, 1.54) is 116 Å². The molecule has 278 valence electrons. The molecule has 3 aliphatic heterocycles. The monoisotopic (exact) mass is 744 g/mol. The van der Waals surface area contributed by atoms with E-state index in [-0.39, 0.29) is 6.71 Å². The maximum atomic E-state index is 2.68. The van der Waals surface area contributed by atoms with Crippen molar-refractivity contribution in [3.8, 4) is 0 Å². The highest BCUT2D eigenvalue weighted by Crippen LogP contribution is 2.66. The van der Waals surface area contributed by atoms with Crippen LogP contribution in [-0.2, 0) is 10.8 Å². The van der Waals surface area contributed by atoms with Gasteiger partial charge in [0.2, 0.25) is 0 Å². The average molecular weight is 745 g/mol. The fourth-order valence-corrected chi connectivity index (χ4v) is 19.9. The number of hydrogen-bond donors (Lipinski definition) is 0. The average Bonchev–Trinajstić information content (AvgIpc) is 3.59. The fraction of sp³-hybridized carbons (Fsp3) is 0.423. The Balaban J connectivity index is 0.948. The van der Waals surface area contributed by atoms with Crippen molar-refractivity contribution in [1.29, 1.82) is 0 Å². The van der Waals surface area contributed by atoms with Gasteiger partial charge in [-0.25, -0.2) is 0 Å². The number of nitrogens with zero attached hydrogens (tertiary/aromatic N) is 2. The maximum absolute atomic E-state index is 2.68. The Bertz CT molecular complexity index is 2480. The summed E-state index contributed by atoms with van der Waals surface area (Å²) in [5.41, 5.74) is 18.3. The third-order valence-electron chi connectivity index (χ3n) is 18.1. The molecule has 8 saturated carbocycles. The molecule has 4 heteroatoms. The number of anilines is 6. The molecule has 16 rings (SSSR count). The molecule has 8 aliphatic carbocycles. The van der Waals surface area contributed by atoms with E-state index in [0.717, 1.165) is 35.5 Å². The first-order valence-electron chi connectivity index (χ1n) is 22.5. The molecule has 2 unspecified atom stereocenters. The summed E-state index contributed by atoms with van der Waals surface area (Å²) in [5, 5.41) is 3.24. The van der Waals surface area contributed by atoms with Gasteiger partial charge in [-0.15, -0.1) is 0 Å². The molecular formula is C52H53BN2Si. The second-order valence-electron chi connectivity index (χ2n) is 21.4. The first kappa shape index (κ1) is 32.0. The van der Waals surface area contributed by atoms with Crippen molar-refractivity contribution in [2.45, 2.75) is 101 Å². The lowest BCUT2D eigenvalue weighted by Gasteiger charge is -2.57. The van der Waals surface area contributed by atoms with Crippen molar-refractivity contribution < 1.29 is 0 Å². The largest absolute Gasteiger partial charge is 0.311 e. The lowest BCUT2D eigenvalue weighted by molar-refractivity contribution is -0.00518. The summed E-state index contributed by atoms with van der Waals surface area (Å²) < 4.78 is 0. The zero-order valence-electron chi connectivity index (χ0n) is 33.5. The quantitative estimate of drug-likeness (QED) is 0.166. The smallest absolute Gasteiger partial charge is 0.251 e. The lowest BCUT2D eigenvalue weighted by atomic mass is 9.33. The molecule has 0 amide bonds. The lowest BCUT2D eigenvalue weighted by Crippen LogP contribution is -2.79. The topological polar surface area (TPSA) is 6.48 Å². The fourth-order valence-electron chi connectivity index (χ4n) is 16.7. The Labute approximate surface area is 334 Å².